The van der Waals surface area contributed by atoms with Crippen molar-refractivity contribution in [3.63, 3.8) is 0 Å². The summed E-state index contributed by atoms with van der Waals surface area (Å²) in [5, 5.41) is 15.3. The van der Waals surface area contributed by atoms with Crippen LogP contribution in [0.2, 0.25) is 0 Å². The van der Waals surface area contributed by atoms with E-state index in [4.69, 9.17) is 4.74 Å². The number of H-pyrrole nitrogens is 1. The van der Waals surface area contributed by atoms with Crippen LogP contribution >= 0.6 is 15.9 Å². The van der Waals surface area contributed by atoms with Crippen LogP contribution in [0, 0.1) is 5.82 Å². The third-order valence-corrected chi connectivity index (χ3v) is 6.77. The molecule has 2 atom stereocenters. The fraction of sp³-hybridized carbons (Fsp3) is 0.346. The van der Waals surface area contributed by atoms with Gasteiger partial charge in [0.15, 0.2) is 17.1 Å². The number of aromatic nitrogens is 5. The summed E-state index contributed by atoms with van der Waals surface area (Å²) in [5.74, 6) is -1.63. The molecule has 1 aromatic carbocycles. The summed E-state index contributed by atoms with van der Waals surface area (Å²) in [4.78, 5) is 32.9. The van der Waals surface area contributed by atoms with E-state index in [2.05, 4.69) is 31.0 Å². The summed E-state index contributed by atoms with van der Waals surface area (Å²) in [6.45, 7) is 3.89. The zero-order valence-corrected chi connectivity index (χ0v) is 23.3. The summed E-state index contributed by atoms with van der Waals surface area (Å²) >= 11 is 3.32. The lowest BCUT2D eigenvalue weighted by atomic mass is 10.0. The molecule has 2 N–H and O–H groups in total. The van der Waals surface area contributed by atoms with E-state index in [1.165, 1.54) is 31.6 Å². The number of alkyl halides is 4. The Labute approximate surface area is 237 Å². The number of halogens is 6. The van der Waals surface area contributed by atoms with E-state index in [0.29, 0.717) is 21.6 Å². The molecule has 9 nitrogen and oxygen atoms in total. The van der Waals surface area contributed by atoms with Gasteiger partial charge in [0, 0.05) is 40.4 Å². The van der Waals surface area contributed by atoms with E-state index < -0.39 is 65.3 Å². The Morgan fingerprint density at radius 3 is 2.39 bits per heavy atom. The molecule has 0 saturated heterocycles. The summed E-state index contributed by atoms with van der Waals surface area (Å²) in [6.07, 6.45) is -3.63. The van der Waals surface area contributed by atoms with E-state index >= 15 is 4.39 Å². The Morgan fingerprint density at radius 2 is 1.78 bits per heavy atom. The molecule has 0 aliphatic carbocycles. The van der Waals surface area contributed by atoms with Crippen LogP contribution < -0.4 is 15.9 Å². The summed E-state index contributed by atoms with van der Waals surface area (Å²) in [6, 6.07) is 2.36. The minimum absolute atomic E-state index is 0.000507. The minimum Gasteiger partial charge on any atom is -0.488 e. The van der Waals surface area contributed by atoms with E-state index in [-0.39, 0.29) is 16.8 Å². The number of rotatable bonds is 8. The molecule has 0 saturated carbocycles. The zero-order valence-electron chi connectivity index (χ0n) is 21.8. The van der Waals surface area contributed by atoms with Gasteiger partial charge in [0.25, 0.3) is 11.1 Å². The quantitative estimate of drug-likeness (QED) is 0.262. The third-order valence-electron chi connectivity index (χ3n) is 6.14. The SMILES string of the molecule is C[C@H](C[C@H](F)Cn1cc(Br)c2cc(-c3ncc(C(C)(C)O)cn3)c(F)cc2c1=O)Oc1cn[nH]c(=O)c1C(F)(F)F. The molecule has 41 heavy (non-hydrogen) atoms. The highest BCUT2D eigenvalue weighted by Gasteiger charge is 2.38. The maximum atomic E-state index is 15.1. The molecule has 0 radical (unpaired) electrons. The number of nitrogens with one attached hydrogen (secondary N) is 1. The first-order valence-electron chi connectivity index (χ1n) is 12.1. The third kappa shape index (κ3) is 6.62. The number of fused-ring (bicyclic) bond motifs is 1. The molecule has 3 heterocycles. The molecular formula is C26H23BrF5N5O4. The Hall–Kier alpha value is -3.72. The molecule has 0 amide bonds. The Kier molecular flexibility index (Phi) is 8.32. The molecule has 4 rings (SSSR count). The van der Waals surface area contributed by atoms with Crippen molar-refractivity contribution in [3.8, 4) is 17.1 Å². The predicted molar refractivity (Wildman–Crippen MR) is 142 cm³/mol. The van der Waals surface area contributed by atoms with Crippen molar-refractivity contribution in [2.45, 2.75) is 57.8 Å². The van der Waals surface area contributed by atoms with Gasteiger partial charge in [0.1, 0.15) is 12.0 Å². The second-order valence-corrected chi connectivity index (χ2v) is 10.7. The van der Waals surface area contributed by atoms with Gasteiger partial charge in [-0.1, -0.05) is 0 Å². The van der Waals surface area contributed by atoms with Crippen LogP contribution in [0.3, 0.4) is 0 Å². The predicted octanol–water partition coefficient (Wildman–Crippen LogP) is 4.89. The molecule has 15 heteroatoms. The molecule has 3 aromatic heterocycles. The second-order valence-electron chi connectivity index (χ2n) is 9.86. The molecule has 0 aliphatic heterocycles. The van der Waals surface area contributed by atoms with Gasteiger partial charge in [-0.25, -0.2) is 23.8 Å². The number of pyridine rings is 1. The molecule has 0 bridgehead atoms. The van der Waals surface area contributed by atoms with Crippen LogP contribution in [0.15, 0.2) is 51.0 Å². The fourth-order valence-electron chi connectivity index (χ4n) is 4.11. The molecule has 0 unspecified atom stereocenters. The van der Waals surface area contributed by atoms with Crippen molar-refractivity contribution in [2.24, 2.45) is 0 Å². The largest absolute Gasteiger partial charge is 0.488 e. The highest BCUT2D eigenvalue weighted by atomic mass is 79.9. The number of nitrogens with zero attached hydrogens (tertiary/aromatic N) is 4. The fourth-order valence-corrected chi connectivity index (χ4v) is 4.69. The number of hydrogen-bond donors (Lipinski definition) is 2. The van der Waals surface area contributed by atoms with Gasteiger partial charge in [-0.2, -0.15) is 18.3 Å². The smallest absolute Gasteiger partial charge is 0.425 e. The number of aliphatic hydroxyl groups is 1. The van der Waals surface area contributed by atoms with Crippen LogP contribution in [0.25, 0.3) is 22.2 Å². The van der Waals surface area contributed by atoms with E-state index in [1.54, 1.807) is 18.9 Å². The monoisotopic (exact) mass is 643 g/mol. The first kappa shape index (κ1) is 30.2. The molecule has 0 aliphatic rings. The topological polar surface area (TPSA) is 123 Å². The van der Waals surface area contributed by atoms with E-state index in [9.17, 15) is 32.3 Å². The lowest BCUT2D eigenvalue weighted by molar-refractivity contribution is -0.140. The van der Waals surface area contributed by atoms with Gasteiger partial charge < -0.3 is 14.4 Å². The van der Waals surface area contributed by atoms with Crippen molar-refractivity contribution in [3.05, 3.63) is 79.0 Å². The van der Waals surface area contributed by atoms with Gasteiger partial charge in [0.2, 0.25) is 0 Å². The second kappa shape index (κ2) is 11.3. The average molecular weight is 644 g/mol. The lowest BCUT2D eigenvalue weighted by Gasteiger charge is -2.20. The number of hydrogen-bond acceptors (Lipinski definition) is 7. The summed E-state index contributed by atoms with van der Waals surface area (Å²) < 4.78 is 76.3. The van der Waals surface area contributed by atoms with Crippen molar-refractivity contribution < 1.29 is 31.8 Å². The van der Waals surface area contributed by atoms with Crippen LogP contribution in [-0.4, -0.2) is 42.1 Å². The molecular weight excluding hydrogens is 621 g/mol. The van der Waals surface area contributed by atoms with Gasteiger partial charge in [0.05, 0.1) is 35.4 Å². The summed E-state index contributed by atoms with van der Waals surface area (Å²) in [7, 11) is 0. The van der Waals surface area contributed by atoms with Crippen LogP contribution in [0.4, 0.5) is 22.0 Å². The highest BCUT2D eigenvalue weighted by molar-refractivity contribution is 9.10. The minimum atomic E-state index is -5.02. The van der Waals surface area contributed by atoms with Gasteiger partial charge in [-0.3, -0.25) is 9.59 Å². The average Bonchev–Trinajstić information content (AvgIpc) is 2.85. The van der Waals surface area contributed by atoms with E-state index in [0.717, 1.165) is 10.6 Å². The number of benzene rings is 1. The van der Waals surface area contributed by atoms with Gasteiger partial charge >= 0.3 is 6.18 Å². The first-order chi connectivity index (χ1) is 19.1. The number of aromatic amines is 1. The maximum absolute atomic E-state index is 15.1. The Bertz CT molecular complexity index is 1700. The highest BCUT2D eigenvalue weighted by Crippen LogP contribution is 2.34. The van der Waals surface area contributed by atoms with Crippen molar-refractivity contribution in [2.75, 3.05) is 0 Å². The maximum Gasteiger partial charge on any atom is 0.425 e. The van der Waals surface area contributed by atoms with Crippen LogP contribution in [0.5, 0.6) is 5.75 Å². The first-order valence-corrected chi connectivity index (χ1v) is 12.9. The number of ether oxygens (including phenoxy) is 1. The van der Waals surface area contributed by atoms with Crippen molar-refractivity contribution in [1.82, 2.24) is 24.7 Å². The lowest BCUT2D eigenvalue weighted by Crippen LogP contribution is -2.29. The standard InChI is InChI=1S/C26H23BrF5N5O4/c1-12(41-20-9-35-36-23(38)21(20)26(30,31)32)4-14(28)10-37-11-18(27)15-5-17(19(29)6-16(15)24(37)39)22-33-7-13(8-34-22)25(2,3)40/h5-9,11-12,14,40H,4,10H2,1-3H3,(H,36,38)/t12-,14+/m1/s1. The molecule has 4 aromatic rings. The van der Waals surface area contributed by atoms with Gasteiger partial charge in [-0.05, 0) is 48.8 Å². The molecule has 0 fully saturated rings. The van der Waals surface area contributed by atoms with Crippen LogP contribution in [-0.2, 0) is 18.3 Å². The van der Waals surface area contributed by atoms with Crippen LogP contribution in [0.1, 0.15) is 38.3 Å². The van der Waals surface area contributed by atoms with Crippen molar-refractivity contribution >= 4 is 26.7 Å². The Morgan fingerprint density at radius 1 is 1.12 bits per heavy atom. The Balaban J connectivity index is 1.56. The van der Waals surface area contributed by atoms with Gasteiger partial charge in [-0.15, -0.1) is 0 Å². The van der Waals surface area contributed by atoms with Crippen molar-refractivity contribution in [1.29, 1.82) is 0 Å². The van der Waals surface area contributed by atoms with E-state index in [1.807, 2.05) is 0 Å². The molecule has 218 valence electrons. The summed E-state index contributed by atoms with van der Waals surface area (Å²) in [5.41, 5.74) is -4.58. The zero-order chi connectivity index (χ0) is 30.3. The molecule has 0 spiro atoms. The normalized spacial score (nSPS) is 13.8.